The number of halogens is 3. The Kier molecular flexibility index (Phi) is 7.75. The Hall–Kier alpha value is -0.210. The first kappa shape index (κ1) is 26.8. The fraction of sp³-hybridized carbons (Fsp3) is 0.895. The summed E-state index contributed by atoms with van der Waals surface area (Å²) in [6, 6.07) is -0.883. The van der Waals surface area contributed by atoms with Crippen molar-refractivity contribution >= 4 is 17.2 Å². The summed E-state index contributed by atoms with van der Waals surface area (Å²) >= 11 is 0. The standard InChI is InChI=1S/C19H38F3N2O3PS/c1-11-17-18(12-2)28(17,23(13(3)4)14(5)6,24(15(7)8)16(9)10)27-29(25,26)19(20,21)22/h13-16H,11-12H2,1-10H3. The molecule has 1 rings (SSSR count). The van der Waals surface area contributed by atoms with Crippen molar-refractivity contribution in [3.05, 3.63) is 10.6 Å². The van der Waals surface area contributed by atoms with E-state index in [-0.39, 0.29) is 24.2 Å². The Labute approximate surface area is 174 Å². The molecule has 0 atom stereocenters. The van der Waals surface area contributed by atoms with Crippen molar-refractivity contribution in [1.29, 1.82) is 0 Å². The first-order valence-corrected chi connectivity index (χ1v) is 13.8. The molecule has 0 aliphatic carbocycles. The van der Waals surface area contributed by atoms with Crippen LogP contribution < -0.4 is 0 Å². The third-order valence-electron chi connectivity index (χ3n) is 5.42. The SMILES string of the molecule is CCC1=C(CC)P1(OS(=O)(=O)C(F)(F)F)(N(C(C)C)C(C)C)N(C(C)C)C(C)C. The first-order chi connectivity index (χ1) is 13.0. The van der Waals surface area contributed by atoms with Crippen molar-refractivity contribution in [2.45, 2.75) is 112 Å². The van der Waals surface area contributed by atoms with Crippen LogP contribution in [0.2, 0.25) is 0 Å². The molecule has 0 N–H and O–H groups in total. The Balaban J connectivity index is 4.13. The van der Waals surface area contributed by atoms with Gasteiger partial charge in [0.1, 0.15) is 0 Å². The molecule has 10 heteroatoms. The van der Waals surface area contributed by atoms with E-state index < -0.39 is 22.8 Å². The van der Waals surface area contributed by atoms with Gasteiger partial charge in [-0.05, 0) is 0 Å². The number of nitrogens with zero attached hydrogens (tertiary/aromatic N) is 2. The number of alkyl halides is 3. The third-order valence-corrected chi connectivity index (χ3v) is 14.4. The zero-order valence-electron chi connectivity index (χ0n) is 19.3. The van der Waals surface area contributed by atoms with Crippen LogP contribution in [-0.4, -0.2) is 47.4 Å². The average molecular weight is 463 g/mol. The van der Waals surface area contributed by atoms with E-state index in [1.54, 1.807) is 0 Å². The molecule has 0 fully saturated rings. The van der Waals surface area contributed by atoms with Crippen molar-refractivity contribution in [2.24, 2.45) is 0 Å². The second-order valence-corrected chi connectivity index (χ2v) is 14.5. The molecular weight excluding hydrogens is 424 g/mol. The van der Waals surface area contributed by atoms with E-state index in [0.29, 0.717) is 12.8 Å². The molecule has 0 unspecified atom stereocenters. The van der Waals surface area contributed by atoms with Crippen LogP contribution in [-0.2, 0) is 14.1 Å². The summed E-state index contributed by atoms with van der Waals surface area (Å²) in [7, 11) is -10.2. The molecule has 0 saturated heterocycles. The van der Waals surface area contributed by atoms with Gasteiger partial charge in [-0.3, -0.25) is 0 Å². The van der Waals surface area contributed by atoms with Gasteiger partial charge < -0.3 is 0 Å². The van der Waals surface area contributed by atoms with Crippen LogP contribution in [0.4, 0.5) is 13.2 Å². The summed E-state index contributed by atoms with van der Waals surface area (Å²) in [4.78, 5) is 0. The number of hydrogen-bond donors (Lipinski definition) is 0. The molecule has 174 valence electrons. The van der Waals surface area contributed by atoms with E-state index in [1.165, 1.54) is 0 Å². The van der Waals surface area contributed by atoms with Crippen LogP contribution in [0.1, 0.15) is 82.1 Å². The first-order valence-electron chi connectivity index (χ1n) is 10.3. The van der Waals surface area contributed by atoms with E-state index in [9.17, 15) is 21.6 Å². The summed E-state index contributed by atoms with van der Waals surface area (Å²) < 4.78 is 75.4. The van der Waals surface area contributed by atoms with Crippen LogP contribution in [0.3, 0.4) is 0 Å². The monoisotopic (exact) mass is 462 g/mol. The molecule has 0 aromatic rings. The summed E-state index contributed by atoms with van der Waals surface area (Å²) in [6.07, 6.45) is 0.889. The Bertz CT molecular complexity index is 692. The summed E-state index contributed by atoms with van der Waals surface area (Å²) in [6.45, 7) is 18.8. The number of allylic oxidation sites excluding steroid dienone is 2. The fourth-order valence-electron chi connectivity index (χ4n) is 5.36. The molecule has 1 aliphatic heterocycles. The maximum atomic E-state index is 13.6. The predicted molar refractivity (Wildman–Crippen MR) is 115 cm³/mol. The minimum atomic E-state index is -5.83. The average Bonchev–Trinajstić information content (AvgIpc) is 3.04. The van der Waals surface area contributed by atoms with E-state index >= 15 is 0 Å². The molecule has 1 heterocycles. The topological polar surface area (TPSA) is 49.9 Å². The second kappa shape index (κ2) is 8.38. The molecule has 29 heavy (non-hydrogen) atoms. The van der Waals surface area contributed by atoms with E-state index in [1.807, 2.05) is 78.6 Å². The van der Waals surface area contributed by atoms with Crippen LogP contribution in [0.25, 0.3) is 0 Å². The van der Waals surface area contributed by atoms with Crippen molar-refractivity contribution in [1.82, 2.24) is 9.34 Å². The third kappa shape index (κ3) is 3.79. The molecule has 0 saturated carbocycles. The van der Waals surface area contributed by atoms with Gasteiger partial charge in [-0.2, -0.15) is 0 Å². The van der Waals surface area contributed by atoms with E-state index in [2.05, 4.69) is 0 Å². The normalized spacial score (nSPS) is 21.0. The molecule has 0 radical (unpaired) electrons. The van der Waals surface area contributed by atoms with Gasteiger partial charge in [-0.15, -0.1) is 0 Å². The van der Waals surface area contributed by atoms with Crippen molar-refractivity contribution in [3.63, 3.8) is 0 Å². The van der Waals surface area contributed by atoms with Gasteiger partial charge in [-0.1, -0.05) is 0 Å². The van der Waals surface area contributed by atoms with E-state index in [4.69, 9.17) is 3.97 Å². The Morgan fingerprint density at radius 2 is 1.07 bits per heavy atom. The number of hydrogen-bond acceptors (Lipinski definition) is 5. The predicted octanol–water partition coefficient (Wildman–Crippen LogP) is 6.43. The van der Waals surface area contributed by atoms with Crippen LogP contribution in [0, 0.1) is 0 Å². The van der Waals surface area contributed by atoms with Crippen LogP contribution in [0.15, 0.2) is 10.6 Å². The zero-order chi connectivity index (χ0) is 23.2. The summed E-state index contributed by atoms with van der Waals surface area (Å²) in [5.41, 5.74) is -5.49. The molecule has 0 bridgehead atoms. The van der Waals surface area contributed by atoms with E-state index in [0.717, 1.165) is 10.6 Å². The number of rotatable bonds is 10. The molecule has 0 aromatic carbocycles. The van der Waals surface area contributed by atoms with Gasteiger partial charge in [0.15, 0.2) is 0 Å². The molecule has 0 aromatic heterocycles. The molecule has 0 amide bonds. The molecule has 5 nitrogen and oxygen atoms in total. The van der Waals surface area contributed by atoms with Crippen LogP contribution >= 0.6 is 7.13 Å². The summed E-state index contributed by atoms with van der Waals surface area (Å²) in [5, 5.41) is 1.47. The van der Waals surface area contributed by atoms with Crippen molar-refractivity contribution in [3.8, 4) is 0 Å². The van der Waals surface area contributed by atoms with Crippen molar-refractivity contribution in [2.75, 3.05) is 0 Å². The van der Waals surface area contributed by atoms with Crippen LogP contribution in [0.5, 0.6) is 0 Å². The van der Waals surface area contributed by atoms with Gasteiger partial charge in [0.2, 0.25) is 0 Å². The van der Waals surface area contributed by atoms with Crippen molar-refractivity contribution < 1.29 is 25.6 Å². The fourth-order valence-corrected chi connectivity index (χ4v) is 16.0. The van der Waals surface area contributed by atoms with Gasteiger partial charge in [0.25, 0.3) is 0 Å². The molecule has 0 spiro atoms. The molecule has 1 aliphatic rings. The van der Waals surface area contributed by atoms with Gasteiger partial charge >= 0.3 is 175 Å². The van der Waals surface area contributed by atoms with Gasteiger partial charge in [-0.25, -0.2) is 0 Å². The van der Waals surface area contributed by atoms with Gasteiger partial charge in [0, 0.05) is 0 Å². The minimum absolute atomic E-state index is 0.221. The maximum absolute atomic E-state index is 13.6. The summed E-state index contributed by atoms with van der Waals surface area (Å²) in [5.74, 6) is 0. The second-order valence-electron chi connectivity index (χ2n) is 8.66. The Morgan fingerprint density at radius 1 is 0.793 bits per heavy atom. The molecular formula is C19H38F3N2O3PS. The zero-order valence-corrected chi connectivity index (χ0v) is 21.0. The Morgan fingerprint density at radius 3 is 1.24 bits per heavy atom. The van der Waals surface area contributed by atoms with Gasteiger partial charge in [0.05, 0.1) is 0 Å². The quantitative estimate of drug-likeness (QED) is 0.276.